The molecular formula is C43H50N12O7. The predicted molar refractivity (Wildman–Crippen MR) is 232 cm³/mol. The monoisotopic (exact) mass is 846 g/mol. The Morgan fingerprint density at radius 3 is 2.10 bits per heavy atom. The number of aryl methyl sites for hydroxylation is 4. The molecule has 5 heterocycles. The first kappa shape index (κ1) is 43.0. The van der Waals surface area contributed by atoms with E-state index in [0.717, 1.165) is 11.4 Å². The van der Waals surface area contributed by atoms with Crippen LogP contribution in [-0.4, -0.2) is 100 Å². The quantitative estimate of drug-likeness (QED) is 0.0610. The molecule has 0 unspecified atom stereocenters. The maximum atomic E-state index is 13.8. The van der Waals surface area contributed by atoms with Gasteiger partial charge in [-0.2, -0.15) is 10.2 Å². The summed E-state index contributed by atoms with van der Waals surface area (Å²) in [6, 6.07) is 10.1. The number of primary amides is 2. The summed E-state index contributed by atoms with van der Waals surface area (Å²) in [7, 11) is 1.60. The summed E-state index contributed by atoms with van der Waals surface area (Å²) in [5.41, 5.74) is 16.7. The number of hydrogen-bond acceptors (Lipinski definition) is 12. The van der Waals surface area contributed by atoms with Crippen molar-refractivity contribution in [2.24, 2.45) is 11.5 Å². The molecule has 5 aromatic heterocycles. The molecule has 0 atom stereocenters. The lowest BCUT2D eigenvalue weighted by molar-refractivity contribution is 0.0991. The van der Waals surface area contributed by atoms with Crippen molar-refractivity contribution in [3.63, 3.8) is 0 Å². The molecule has 3 amide bonds. The van der Waals surface area contributed by atoms with Crippen molar-refractivity contribution in [3.05, 3.63) is 83.0 Å². The van der Waals surface area contributed by atoms with Gasteiger partial charge in [-0.25, -0.2) is 15.0 Å². The fourth-order valence-corrected chi connectivity index (χ4v) is 7.37. The minimum atomic E-state index is -0.661. The Balaban J connectivity index is 1.34. The van der Waals surface area contributed by atoms with Gasteiger partial charge in [-0.3, -0.25) is 29.1 Å². The molecule has 0 saturated heterocycles. The number of imidazole rings is 1. The first-order valence-electron chi connectivity index (χ1n) is 20.3. The van der Waals surface area contributed by atoms with Gasteiger partial charge in [0.15, 0.2) is 5.82 Å². The second-order valence-electron chi connectivity index (χ2n) is 14.5. The Labute approximate surface area is 356 Å². The van der Waals surface area contributed by atoms with E-state index in [4.69, 9.17) is 40.6 Å². The number of aromatic nitrogens is 9. The summed E-state index contributed by atoms with van der Waals surface area (Å²) in [5.74, 6) is -0.305. The highest BCUT2D eigenvalue weighted by atomic mass is 16.5. The summed E-state index contributed by atoms with van der Waals surface area (Å²) in [6.45, 7) is 10.0. The van der Waals surface area contributed by atoms with Crippen LogP contribution >= 0.6 is 0 Å². The van der Waals surface area contributed by atoms with Gasteiger partial charge in [0.25, 0.3) is 5.91 Å². The van der Waals surface area contributed by atoms with Crippen molar-refractivity contribution >= 4 is 56.6 Å². The predicted octanol–water partition coefficient (Wildman–Crippen LogP) is 4.53. The zero-order valence-corrected chi connectivity index (χ0v) is 35.3. The van der Waals surface area contributed by atoms with Crippen molar-refractivity contribution in [1.82, 2.24) is 43.6 Å². The number of carbonyl (C=O) groups excluding carboxylic acids is 3. The van der Waals surface area contributed by atoms with Crippen molar-refractivity contribution < 1.29 is 33.7 Å². The number of rotatable bonds is 20. The number of benzene rings is 2. The zero-order chi connectivity index (χ0) is 44.1. The van der Waals surface area contributed by atoms with E-state index in [1.807, 2.05) is 55.2 Å². The van der Waals surface area contributed by atoms with Gasteiger partial charge in [-0.1, -0.05) is 12.2 Å². The van der Waals surface area contributed by atoms with Crippen LogP contribution in [0.2, 0.25) is 0 Å². The minimum absolute atomic E-state index is 0.0826. The van der Waals surface area contributed by atoms with E-state index in [0.29, 0.717) is 94.2 Å². The Morgan fingerprint density at radius 2 is 1.42 bits per heavy atom. The summed E-state index contributed by atoms with van der Waals surface area (Å²) in [4.78, 5) is 53.4. The number of anilines is 1. The van der Waals surface area contributed by atoms with Gasteiger partial charge in [0, 0.05) is 87.4 Å². The Bertz CT molecular complexity index is 2830. The number of ether oxygens (including phenoxy) is 3. The van der Waals surface area contributed by atoms with Crippen molar-refractivity contribution in [2.75, 3.05) is 38.9 Å². The van der Waals surface area contributed by atoms with Crippen LogP contribution in [0.15, 0.2) is 54.7 Å². The number of nitrogens with zero attached hydrogens (tertiary/aromatic N) is 9. The highest BCUT2D eigenvalue weighted by Crippen LogP contribution is 2.37. The van der Waals surface area contributed by atoms with Crippen LogP contribution in [0.1, 0.15) is 69.3 Å². The van der Waals surface area contributed by atoms with Crippen LogP contribution in [0.4, 0.5) is 5.95 Å². The van der Waals surface area contributed by atoms with Crippen LogP contribution in [-0.2, 0) is 30.9 Å². The molecule has 0 fully saturated rings. The van der Waals surface area contributed by atoms with Crippen LogP contribution in [0.3, 0.4) is 0 Å². The number of nitrogens with two attached hydrogens (primary N) is 2. The second kappa shape index (κ2) is 18.7. The number of aliphatic hydroxyl groups is 1. The number of aliphatic hydroxyl groups excluding tert-OH is 1. The highest BCUT2D eigenvalue weighted by molar-refractivity contribution is 6.12. The normalized spacial score (nSPS) is 11.7. The number of hydrogen-bond donors (Lipinski definition) is 4. The molecule has 2 aromatic carbocycles. The van der Waals surface area contributed by atoms with Gasteiger partial charge >= 0.3 is 0 Å². The fraction of sp³-hybridized carbons (Fsp3) is 0.349. The lowest BCUT2D eigenvalue weighted by atomic mass is 10.1. The molecule has 0 aliphatic heterocycles. The van der Waals surface area contributed by atoms with E-state index in [-0.39, 0.29) is 50.0 Å². The molecule has 19 nitrogen and oxygen atoms in total. The van der Waals surface area contributed by atoms with E-state index >= 15 is 0 Å². The average molecular weight is 847 g/mol. The van der Waals surface area contributed by atoms with Crippen molar-refractivity contribution in [2.45, 2.75) is 66.7 Å². The van der Waals surface area contributed by atoms with E-state index in [2.05, 4.69) is 15.5 Å². The Morgan fingerprint density at radius 1 is 0.774 bits per heavy atom. The number of allylic oxidation sites excluding steroid dienone is 2. The zero-order valence-electron chi connectivity index (χ0n) is 35.3. The van der Waals surface area contributed by atoms with Crippen LogP contribution in [0.25, 0.3) is 44.5 Å². The minimum Gasteiger partial charge on any atom is -0.491 e. The topological polar surface area (TPSA) is 247 Å². The van der Waals surface area contributed by atoms with E-state index in [1.165, 1.54) is 0 Å². The van der Waals surface area contributed by atoms with Crippen molar-refractivity contribution in [1.29, 1.82) is 0 Å². The van der Waals surface area contributed by atoms with E-state index in [1.54, 1.807) is 52.9 Å². The molecule has 7 aromatic rings. The average Bonchev–Trinajstić information content (AvgIpc) is 4.01. The van der Waals surface area contributed by atoms with Crippen LogP contribution in [0.5, 0.6) is 11.5 Å². The van der Waals surface area contributed by atoms with Gasteiger partial charge in [0.1, 0.15) is 34.1 Å². The number of carbonyl (C=O) groups is 3. The summed E-state index contributed by atoms with van der Waals surface area (Å²) in [6.07, 6.45) is 6.51. The molecule has 0 radical (unpaired) electrons. The van der Waals surface area contributed by atoms with Gasteiger partial charge in [0.2, 0.25) is 17.8 Å². The molecule has 324 valence electrons. The molecule has 62 heavy (non-hydrogen) atoms. The molecule has 0 aliphatic carbocycles. The lowest BCUT2D eigenvalue weighted by Crippen LogP contribution is -2.20. The number of nitrogens with one attached hydrogen (secondary N) is 1. The number of fused-ring (bicyclic) bond motifs is 4. The third-order valence-corrected chi connectivity index (χ3v) is 10.2. The lowest BCUT2D eigenvalue weighted by Gasteiger charge is -2.13. The Kier molecular flexibility index (Phi) is 12.9. The maximum Gasteiger partial charge on any atom is 0.276 e. The van der Waals surface area contributed by atoms with Gasteiger partial charge in [0.05, 0.1) is 35.6 Å². The standard InChI is InChI=1S/C43H50N12O7/c1-6-54-32(18-25(3)50-54)40-46-24-30-29-20-27(38(44)57)22-34(61-16-10-14-56)36(29)52(41(30)48-40)12-8-9-13-53-37-31(21-28(39(45)58)23-35(37)62-17-11-15-60-5)47-43(53)49-42(59)33-19-26(4)51-55(33)7-2/h8-9,18-24,56H,6-7,10-17H2,1-5H3,(H2,44,57)(H2,45,58)(H,47,49,59)/b9-8+. The highest BCUT2D eigenvalue weighted by Gasteiger charge is 2.23. The molecular weight excluding hydrogens is 797 g/mol. The molecule has 0 aliphatic rings. The number of amides is 3. The van der Waals surface area contributed by atoms with E-state index in [9.17, 15) is 19.5 Å². The summed E-state index contributed by atoms with van der Waals surface area (Å²) < 4.78 is 24.8. The summed E-state index contributed by atoms with van der Waals surface area (Å²) in [5, 5.41) is 22.9. The molecule has 0 bridgehead atoms. The van der Waals surface area contributed by atoms with Gasteiger partial charge < -0.3 is 39.9 Å². The first-order valence-corrected chi connectivity index (χ1v) is 20.3. The molecule has 6 N–H and O–H groups in total. The van der Waals surface area contributed by atoms with Crippen LogP contribution in [0, 0.1) is 13.8 Å². The fourth-order valence-electron chi connectivity index (χ4n) is 7.37. The Hall–Kier alpha value is -7.12. The van der Waals surface area contributed by atoms with E-state index < -0.39 is 17.7 Å². The SMILES string of the molecule is CCn1nc(C)cc1C(=O)Nc1nc2cc(C(N)=O)cc(OCCCOC)c2n1C/C=C/Cn1c2nc(-c3cc(C)nn3CC)ncc2c2cc(C(N)=O)cc(OCCCO)c21. The van der Waals surface area contributed by atoms with Gasteiger partial charge in [-0.15, -0.1) is 0 Å². The largest absolute Gasteiger partial charge is 0.491 e. The maximum absolute atomic E-state index is 13.8. The second-order valence-corrected chi connectivity index (χ2v) is 14.5. The van der Waals surface area contributed by atoms with Crippen molar-refractivity contribution in [3.8, 4) is 23.0 Å². The molecule has 0 spiro atoms. The van der Waals surface area contributed by atoms with Crippen LogP contribution < -0.4 is 26.3 Å². The third-order valence-electron chi connectivity index (χ3n) is 10.2. The summed E-state index contributed by atoms with van der Waals surface area (Å²) >= 11 is 0. The molecule has 19 heteroatoms. The molecule has 7 rings (SSSR count). The van der Waals surface area contributed by atoms with Gasteiger partial charge in [-0.05, 0) is 64.1 Å². The first-order chi connectivity index (χ1) is 30.0. The number of methoxy groups -OCH3 is 1. The smallest absolute Gasteiger partial charge is 0.276 e. The third kappa shape index (κ3) is 8.70. The molecule has 0 saturated carbocycles.